The molecule has 10 aromatic carbocycles. The van der Waals surface area contributed by atoms with Crippen molar-refractivity contribution in [2.45, 2.75) is 6.18 Å². The van der Waals surface area contributed by atoms with Crippen LogP contribution in [0.1, 0.15) is 16.7 Å². The zero-order chi connectivity index (χ0) is 63.4. The molecule has 6 heterocycles. The highest BCUT2D eigenvalue weighted by molar-refractivity contribution is 6.14. The Kier molecular flexibility index (Phi) is 13.9. The first-order valence-corrected chi connectivity index (χ1v) is 30.6. The van der Waals surface area contributed by atoms with Crippen LogP contribution in [0.25, 0.3) is 156 Å². The molecule has 8 nitrogen and oxygen atoms in total. The van der Waals surface area contributed by atoms with Crippen molar-refractivity contribution in [3.05, 3.63) is 314 Å². The van der Waals surface area contributed by atoms with E-state index in [1.807, 2.05) is 247 Å². The van der Waals surface area contributed by atoms with Crippen LogP contribution in [0.5, 0.6) is 0 Å². The minimum atomic E-state index is -4.83. The van der Waals surface area contributed by atoms with E-state index in [4.69, 9.17) is 19.9 Å². The van der Waals surface area contributed by atoms with Crippen LogP contribution < -0.4 is 0 Å². The summed E-state index contributed by atoms with van der Waals surface area (Å²) in [7, 11) is 0. The van der Waals surface area contributed by atoms with Crippen LogP contribution in [-0.4, -0.2) is 29.1 Å². The van der Waals surface area contributed by atoms with Crippen molar-refractivity contribution in [2.75, 3.05) is 0 Å². The van der Waals surface area contributed by atoms with Gasteiger partial charge in [-0.05, 0) is 103 Å². The van der Waals surface area contributed by atoms with E-state index in [2.05, 4.69) is 47.0 Å². The summed E-state index contributed by atoms with van der Waals surface area (Å²) in [5.74, 6) is 0. The van der Waals surface area contributed by atoms with Crippen molar-refractivity contribution in [3.8, 4) is 125 Å². The Morgan fingerprint density at radius 2 is 0.617 bits per heavy atom. The zero-order valence-electron chi connectivity index (χ0n) is 50.0. The minimum absolute atomic E-state index is 0.0849. The predicted octanol–water partition coefficient (Wildman–Crippen LogP) is 21.2. The molecule has 16 aromatic rings. The van der Waals surface area contributed by atoms with Gasteiger partial charge in [0.25, 0.3) is 0 Å². The Hall–Kier alpha value is -12.8. The van der Waals surface area contributed by atoms with Crippen molar-refractivity contribution in [2.24, 2.45) is 0 Å². The maximum Gasteiger partial charge on any atom is 0.416 e. The molecule has 0 atom stereocenters. The first-order valence-electron chi connectivity index (χ1n) is 30.6. The lowest BCUT2D eigenvalue weighted by molar-refractivity contribution is -0.137. The Labute approximate surface area is 538 Å². The number of hydrogen-bond acceptors (Lipinski definition) is 6. The van der Waals surface area contributed by atoms with Gasteiger partial charge in [-0.3, -0.25) is 0 Å². The van der Waals surface area contributed by atoms with Crippen LogP contribution >= 0.6 is 0 Å². The third-order valence-corrected chi connectivity index (χ3v) is 17.4. The lowest BCUT2D eigenvalue weighted by Gasteiger charge is -2.21. The van der Waals surface area contributed by atoms with Crippen molar-refractivity contribution in [3.63, 3.8) is 0 Å². The monoisotopic (exact) mass is 1210 g/mol. The first-order chi connectivity index (χ1) is 46.1. The highest BCUT2D eigenvalue weighted by Crippen LogP contribution is 2.46. The average molecular weight is 1220 g/mol. The molecule has 94 heavy (non-hydrogen) atoms. The van der Waals surface area contributed by atoms with Gasteiger partial charge in [-0.15, -0.1) is 0 Å². The van der Waals surface area contributed by atoms with E-state index < -0.39 is 11.7 Å². The molecule has 0 aliphatic heterocycles. The van der Waals surface area contributed by atoms with Crippen LogP contribution in [0.4, 0.5) is 13.2 Å². The largest absolute Gasteiger partial charge is 0.416 e. The molecular weight excluding hydrogens is 1170 g/mol. The van der Waals surface area contributed by atoms with E-state index in [1.54, 1.807) is 6.07 Å². The third kappa shape index (κ3) is 10.2. The van der Waals surface area contributed by atoms with Gasteiger partial charge in [-0.1, -0.05) is 200 Å². The molecule has 0 N–H and O–H groups in total. The number of aromatic nitrogens is 6. The highest BCUT2D eigenvalue weighted by atomic mass is 19.4. The second-order valence-corrected chi connectivity index (χ2v) is 23.1. The molecule has 0 aliphatic carbocycles. The van der Waals surface area contributed by atoms with Gasteiger partial charge in [0.15, 0.2) is 0 Å². The van der Waals surface area contributed by atoms with Crippen LogP contribution in [0.2, 0.25) is 0 Å². The fourth-order valence-electron chi connectivity index (χ4n) is 13.0. The van der Waals surface area contributed by atoms with E-state index >= 15 is 13.2 Å². The standard InChI is InChI=1S/C83H49F3N8/c84-83(85,86)62-44-52(50-87)43-61(45-62)63-41-42-77(93-78-46-57(73-29-13-25-69(89-73)53-17-5-1-6-18-53)33-37-64(78)65-38-34-58(47-79(65)93)74-30-14-26-70(90-74)54-19-7-2-8-20-54)68(51-88)82(63)94-80-48-59(75-31-15-27-71(91-75)55-21-9-3-10-22-55)35-39-66(80)67-40-36-60(49-81(67)94)76-32-16-28-72(92-76)56-23-11-4-12-24-56/h1-49H. The smallest absolute Gasteiger partial charge is 0.308 e. The average Bonchev–Trinajstić information content (AvgIpc) is 1.54. The Morgan fingerprint density at radius 1 is 0.287 bits per heavy atom. The predicted molar refractivity (Wildman–Crippen MR) is 370 cm³/mol. The van der Waals surface area contributed by atoms with Crippen LogP contribution in [-0.2, 0) is 6.18 Å². The fraction of sp³-hybridized carbons (Fsp3) is 0.0120. The third-order valence-electron chi connectivity index (χ3n) is 17.4. The van der Waals surface area contributed by atoms with Crippen molar-refractivity contribution in [1.29, 1.82) is 10.5 Å². The topological polar surface area (TPSA) is 109 Å². The van der Waals surface area contributed by atoms with Gasteiger partial charge in [0, 0.05) is 71.6 Å². The second-order valence-electron chi connectivity index (χ2n) is 23.1. The molecule has 0 fully saturated rings. The van der Waals surface area contributed by atoms with E-state index in [0.29, 0.717) is 28.1 Å². The summed E-state index contributed by atoms with van der Waals surface area (Å²) in [5.41, 5.74) is 15.7. The van der Waals surface area contributed by atoms with Crippen molar-refractivity contribution < 1.29 is 13.2 Å². The normalized spacial score (nSPS) is 11.5. The fourth-order valence-corrected chi connectivity index (χ4v) is 13.0. The molecule has 0 saturated heterocycles. The second kappa shape index (κ2) is 23.2. The lowest BCUT2D eigenvalue weighted by atomic mass is 9.95. The number of nitriles is 2. The Balaban J connectivity index is 1.02. The summed E-state index contributed by atoms with van der Waals surface area (Å²) in [6, 6.07) is 99.9. The molecule has 442 valence electrons. The molecule has 0 bridgehead atoms. The van der Waals surface area contributed by atoms with Gasteiger partial charge in [-0.25, -0.2) is 19.9 Å². The Morgan fingerprint density at radius 3 is 0.936 bits per heavy atom. The molecule has 6 aromatic heterocycles. The molecule has 0 unspecified atom stereocenters. The molecule has 0 amide bonds. The number of fused-ring (bicyclic) bond motifs is 6. The molecule has 0 saturated carbocycles. The number of rotatable bonds is 11. The maximum absolute atomic E-state index is 15.3. The summed E-state index contributed by atoms with van der Waals surface area (Å²) < 4.78 is 50.0. The maximum atomic E-state index is 15.3. The molecule has 0 aliphatic rings. The van der Waals surface area contributed by atoms with Crippen molar-refractivity contribution in [1.82, 2.24) is 29.1 Å². The lowest BCUT2D eigenvalue weighted by Crippen LogP contribution is -2.08. The minimum Gasteiger partial charge on any atom is -0.308 e. The van der Waals surface area contributed by atoms with Gasteiger partial charge in [0.2, 0.25) is 0 Å². The van der Waals surface area contributed by atoms with E-state index in [1.165, 1.54) is 6.07 Å². The number of nitrogens with zero attached hydrogens (tertiary/aromatic N) is 8. The molecular formula is C83H49F3N8. The van der Waals surface area contributed by atoms with Crippen LogP contribution in [0, 0.1) is 22.7 Å². The summed E-state index contributed by atoms with van der Waals surface area (Å²) in [4.78, 5) is 20.8. The van der Waals surface area contributed by atoms with Crippen LogP contribution in [0.15, 0.2) is 297 Å². The SMILES string of the molecule is N#Cc1cc(-c2ccc(-n3c4cc(-c5cccc(-c6ccccc6)n5)ccc4c4ccc(-c5cccc(-c6ccccc6)n5)cc43)c(C#N)c2-n2c3cc(-c4cccc(-c5ccccc5)n4)ccc3c3ccc(-c4cccc(-c5ccccc5)n4)cc32)cc(C(F)(F)F)c1. The zero-order valence-corrected chi connectivity index (χ0v) is 50.0. The Bertz CT molecular complexity index is 5470. The van der Waals surface area contributed by atoms with Crippen molar-refractivity contribution >= 4 is 43.6 Å². The summed E-state index contributed by atoms with van der Waals surface area (Å²) in [5, 5.41) is 26.4. The quantitative estimate of drug-likeness (QED) is 0.128. The van der Waals surface area contributed by atoms with Gasteiger partial charge in [0.1, 0.15) is 11.6 Å². The van der Waals surface area contributed by atoms with Gasteiger partial charge in [-0.2, -0.15) is 23.7 Å². The molecule has 0 radical (unpaired) electrons. The molecule has 11 heteroatoms. The number of alkyl halides is 3. The molecule has 16 rings (SSSR count). The molecule has 0 spiro atoms. The van der Waals surface area contributed by atoms with Gasteiger partial charge in [0.05, 0.1) is 96.2 Å². The number of hydrogen-bond donors (Lipinski definition) is 0. The summed E-state index contributed by atoms with van der Waals surface area (Å²) in [6.07, 6.45) is -4.83. The number of benzene rings is 10. The highest BCUT2D eigenvalue weighted by Gasteiger charge is 2.33. The summed E-state index contributed by atoms with van der Waals surface area (Å²) >= 11 is 0. The number of halogens is 3. The summed E-state index contributed by atoms with van der Waals surface area (Å²) in [6.45, 7) is 0. The van der Waals surface area contributed by atoms with E-state index in [-0.39, 0.29) is 27.9 Å². The van der Waals surface area contributed by atoms with E-state index in [0.717, 1.165) is 123 Å². The van der Waals surface area contributed by atoms with Gasteiger partial charge >= 0.3 is 6.18 Å². The number of pyridine rings is 4. The van der Waals surface area contributed by atoms with Crippen LogP contribution in [0.3, 0.4) is 0 Å². The van der Waals surface area contributed by atoms with Gasteiger partial charge < -0.3 is 9.13 Å². The van der Waals surface area contributed by atoms with E-state index in [9.17, 15) is 10.5 Å². The first kappa shape index (κ1) is 56.4.